The first-order valence-corrected chi connectivity index (χ1v) is 11.0. The van der Waals surface area contributed by atoms with Crippen molar-refractivity contribution in [3.63, 3.8) is 0 Å². The number of nitrogens with one attached hydrogen (secondary N) is 1. The van der Waals surface area contributed by atoms with Crippen molar-refractivity contribution >= 4 is 28.5 Å². The molecule has 1 fully saturated rings. The van der Waals surface area contributed by atoms with Gasteiger partial charge in [0.1, 0.15) is 23.5 Å². The van der Waals surface area contributed by atoms with Crippen molar-refractivity contribution < 1.29 is 14.0 Å². The maximum Gasteiger partial charge on any atom is 0.271 e. The fraction of sp³-hybridized carbons (Fsp3) is 0.208. The van der Waals surface area contributed by atoms with E-state index >= 15 is 0 Å². The van der Waals surface area contributed by atoms with Crippen molar-refractivity contribution in [2.75, 3.05) is 13.1 Å². The first-order valence-electron chi connectivity index (χ1n) is 11.0. The number of nitrogens with zero attached hydrogens (tertiary/aromatic N) is 5. The predicted molar refractivity (Wildman–Crippen MR) is 123 cm³/mol. The Labute approximate surface area is 193 Å². The van der Waals surface area contributed by atoms with Crippen LogP contribution in [0.15, 0.2) is 59.5 Å². The molecule has 0 unspecified atom stereocenters. The van der Waals surface area contributed by atoms with Crippen LogP contribution in [0.1, 0.15) is 45.6 Å². The van der Waals surface area contributed by atoms with Crippen molar-refractivity contribution in [2.45, 2.75) is 18.8 Å². The van der Waals surface area contributed by atoms with Gasteiger partial charge < -0.3 is 20.0 Å². The number of nitrogens with two attached hydrogens (primary N) is 1. The zero-order chi connectivity index (χ0) is 23.2. The predicted octanol–water partition coefficient (Wildman–Crippen LogP) is 2.98. The van der Waals surface area contributed by atoms with E-state index in [9.17, 15) is 9.59 Å². The van der Waals surface area contributed by atoms with Crippen molar-refractivity contribution in [2.24, 2.45) is 5.73 Å². The van der Waals surface area contributed by atoms with E-state index in [1.165, 1.54) is 17.0 Å². The third-order valence-electron chi connectivity index (χ3n) is 6.30. The summed E-state index contributed by atoms with van der Waals surface area (Å²) >= 11 is 0. The topological polar surface area (TPSA) is 135 Å². The van der Waals surface area contributed by atoms with E-state index in [0.29, 0.717) is 30.2 Å². The number of carbonyl (C=O) groups excluding carboxylic acids is 2. The number of carbonyl (C=O) groups is 2. The normalized spacial score (nSPS) is 14.8. The molecule has 1 aliphatic heterocycles. The maximum atomic E-state index is 13.6. The summed E-state index contributed by atoms with van der Waals surface area (Å²) in [5, 5.41) is 0. The fourth-order valence-corrected chi connectivity index (χ4v) is 4.54. The van der Waals surface area contributed by atoms with Gasteiger partial charge in [-0.05, 0) is 43.2 Å². The smallest absolute Gasteiger partial charge is 0.271 e. The summed E-state index contributed by atoms with van der Waals surface area (Å²) < 4.78 is 6.98. The van der Waals surface area contributed by atoms with Crippen LogP contribution in [-0.2, 0) is 0 Å². The third kappa shape index (κ3) is 3.31. The molecule has 10 heteroatoms. The average molecular weight is 455 g/mol. The summed E-state index contributed by atoms with van der Waals surface area (Å²) in [6.07, 6.45) is 4.52. The number of likely N-dealkylation sites (tertiary alicyclic amines) is 1. The molecule has 6 rings (SSSR count). The van der Waals surface area contributed by atoms with Gasteiger partial charge in [0.15, 0.2) is 17.1 Å². The number of aromatic amines is 1. The Morgan fingerprint density at radius 2 is 1.91 bits per heavy atom. The van der Waals surface area contributed by atoms with Crippen LogP contribution in [-0.4, -0.2) is 54.1 Å². The first kappa shape index (κ1) is 20.2. The molecule has 34 heavy (non-hydrogen) atoms. The van der Waals surface area contributed by atoms with Crippen LogP contribution in [0.3, 0.4) is 0 Å². The molecule has 2 amide bonds. The molecule has 0 bridgehead atoms. The summed E-state index contributed by atoms with van der Waals surface area (Å²) in [7, 11) is 0. The quantitative estimate of drug-likeness (QED) is 0.428. The second-order valence-corrected chi connectivity index (χ2v) is 8.36. The molecule has 1 saturated heterocycles. The van der Waals surface area contributed by atoms with Gasteiger partial charge >= 0.3 is 0 Å². The van der Waals surface area contributed by atoms with Crippen molar-refractivity contribution in [1.82, 2.24) is 29.2 Å². The lowest BCUT2D eigenvalue weighted by molar-refractivity contribution is 0.0703. The number of aromatic nitrogens is 5. The Balaban J connectivity index is 1.30. The van der Waals surface area contributed by atoms with Crippen molar-refractivity contribution in [1.29, 1.82) is 0 Å². The molecule has 10 nitrogen and oxygen atoms in total. The van der Waals surface area contributed by atoms with Crippen LogP contribution >= 0.6 is 0 Å². The number of furan rings is 1. The maximum absolute atomic E-state index is 13.6. The van der Waals surface area contributed by atoms with Crippen LogP contribution in [0.4, 0.5) is 0 Å². The van der Waals surface area contributed by atoms with Gasteiger partial charge in [0.05, 0.1) is 17.3 Å². The van der Waals surface area contributed by atoms with Crippen LogP contribution in [0.5, 0.6) is 0 Å². The second kappa shape index (κ2) is 7.84. The molecule has 0 atom stereocenters. The van der Waals surface area contributed by atoms with Gasteiger partial charge in [0.2, 0.25) is 0 Å². The van der Waals surface area contributed by atoms with Crippen LogP contribution in [0.25, 0.3) is 28.1 Å². The number of piperidine rings is 1. The summed E-state index contributed by atoms with van der Waals surface area (Å²) in [5.74, 6) is 0.813. The van der Waals surface area contributed by atoms with E-state index in [1.807, 2.05) is 29.2 Å². The average Bonchev–Trinajstić information content (AvgIpc) is 3.62. The van der Waals surface area contributed by atoms with Crippen molar-refractivity contribution in [3.05, 3.63) is 72.3 Å². The minimum absolute atomic E-state index is 0.00560. The largest absolute Gasteiger partial charge is 0.463 e. The summed E-state index contributed by atoms with van der Waals surface area (Å²) in [5.41, 5.74) is 8.45. The van der Waals surface area contributed by atoms with Gasteiger partial charge in [-0.15, -0.1) is 0 Å². The summed E-state index contributed by atoms with van der Waals surface area (Å²) in [6, 6.07) is 13.1. The highest BCUT2D eigenvalue weighted by Gasteiger charge is 2.29. The number of H-pyrrole nitrogens is 1. The molecular weight excluding hydrogens is 434 g/mol. The third-order valence-corrected chi connectivity index (χ3v) is 6.30. The number of primary amides is 1. The lowest BCUT2D eigenvalue weighted by Gasteiger charge is -2.31. The van der Waals surface area contributed by atoms with E-state index in [0.717, 1.165) is 29.7 Å². The number of rotatable bonds is 4. The minimum Gasteiger partial charge on any atom is -0.463 e. The Bertz CT molecular complexity index is 1490. The number of hydrogen-bond acceptors (Lipinski definition) is 6. The summed E-state index contributed by atoms with van der Waals surface area (Å²) in [4.78, 5) is 44.0. The molecule has 170 valence electrons. The van der Waals surface area contributed by atoms with Gasteiger partial charge in [0, 0.05) is 19.0 Å². The highest BCUT2D eigenvalue weighted by molar-refractivity contribution is 5.99. The molecule has 0 spiro atoms. The zero-order valence-electron chi connectivity index (χ0n) is 18.1. The minimum atomic E-state index is -0.711. The molecule has 1 aromatic carbocycles. The molecule has 1 aliphatic rings. The Hall–Kier alpha value is -4.47. The highest BCUT2D eigenvalue weighted by atomic mass is 16.3. The highest BCUT2D eigenvalue weighted by Crippen LogP contribution is 2.29. The van der Waals surface area contributed by atoms with Gasteiger partial charge in [-0.1, -0.05) is 12.1 Å². The van der Waals surface area contributed by atoms with Crippen LogP contribution in [0, 0.1) is 0 Å². The SMILES string of the molecule is NC(=O)c1ncn2c(C(=O)N3CCC(c4nc5ccccc5[nH]4)CC3)cc(-c3ccco3)nc12. The first-order chi connectivity index (χ1) is 16.6. The standard InChI is InChI=1S/C24H21N7O3/c25-21(32)20-23-29-17(19-6-3-11-34-19)12-18(31(23)13-26-20)24(33)30-9-7-14(8-10-30)22-27-15-4-1-2-5-16(15)28-22/h1-6,11-14H,7-10H2,(H2,25,32)(H,27,28). The number of benzene rings is 1. The molecule has 3 N–H and O–H groups in total. The van der Waals surface area contributed by atoms with E-state index in [2.05, 4.69) is 15.0 Å². The van der Waals surface area contributed by atoms with Gasteiger partial charge in [-0.25, -0.2) is 15.0 Å². The molecule has 0 aliphatic carbocycles. The van der Waals surface area contributed by atoms with E-state index in [4.69, 9.17) is 15.1 Å². The van der Waals surface area contributed by atoms with E-state index < -0.39 is 5.91 Å². The lowest BCUT2D eigenvalue weighted by atomic mass is 9.96. The number of imidazole rings is 2. The van der Waals surface area contributed by atoms with Crippen molar-refractivity contribution in [3.8, 4) is 11.5 Å². The number of amides is 2. The second-order valence-electron chi connectivity index (χ2n) is 8.36. The lowest BCUT2D eigenvalue weighted by Crippen LogP contribution is -2.39. The Morgan fingerprint density at radius 1 is 1.09 bits per heavy atom. The molecule has 5 aromatic rings. The number of para-hydroxylation sites is 2. The number of hydrogen-bond donors (Lipinski definition) is 2. The molecule has 5 heterocycles. The monoisotopic (exact) mass is 455 g/mol. The van der Waals surface area contributed by atoms with Gasteiger partial charge in [-0.3, -0.25) is 14.0 Å². The van der Waals surface area contributed by atoms with Gasteiger partial charge in [0.25, 0.3) is 11.8 Å². The Kier molecular flexibility index (Phi) is 4.65. The van der Waals surface area contributed by atoms with E-state index in [-0.39, 0.29) is 23.2 Å². The molecule has 0 saturated carbocycles. The van der Waals surface area contributed by atoms with Gasteiger partial charge in [-0.2, -0.15) is 0 Å². The van der Waals surface area contributed by atoms with E-state index in [1.54, 1.807) is 18.2 Å². The fourth-order valence-electron chi connectivity index (χ4n) is 4.54. The van der Waals surface area contributed by atoms with Crippen LogP contribution < -0.4 is 5.73 Å². The Morgan fingerprint density at radius 3 is 2.65 bits per heavy atom. The molecular formula is C24H21N7O3. The summed E-state index contributed by atoms with van der Waals surface area (Å²) in [6.45, 7) is 1.16. The van der Waals surface area contributed by atoms with Crippen LogP contribution in [0.2, 0.25) is 0 Å². The number of fused-ring (bicyclic) bond motifs is 2. The zero-order valence-corrected chi connectivity index (χ0v) is 18.1. The molecule has 4 aromatic heterocycles. The molecule has 0 radical (unpaired) electrons.